The number of hydrogen-bond acceptors (Lipinski definition) is 2. The van der Waals surface area contributed by atoms with E-state index in [9.17, 15) is 0 Å². The van der Waals surface area contributed by atoms with Gasteiger partial charge in [0.1, 0.15) is 0 Å². The van der Waals surface area contributed by atoms with Crippen molar-refractivity contribution in [2.24, 2.45) is 0 Å². The maximum absolute atomic E-state index is 3.47. The molecule has 2 aromatic carbocycles. The van der Waals surface area contributed by atoms with E-state index < -0.39 is 0 Å². The summed E-state index contributed by atoms with van der Waals surface area (Å²) in [7, 11) is 0. The van der Waals surface area contributed by atoms with E-state index in [0.717, 1.165) is 19.5 Å². The van der Waals surface area contributed by atoms with Gasteiger partial charge in [-0.25, -0.2) is 0 Å². The van der Waals surface area contributed by atoms with Crippen molar-refractivity contribution >= 4 is 0 Å². The van der Waals surface area contributed by atoms with Crippen molar-refractivity contribution in [3.63, 3.8) is 0 Å². The van der Waals surface area contributed by atoms with Crippen molar-refractivity contribution in [1.82, 2.24) is 10.6 Å². The fourth-order valence-corrected chi connectivity index (χ4v) is 2.53. The molecule has 0 spiro atoms. The standard InChI is InChI=1S/C16H18N2/c1-2-6-13(7-3-1)15-9-5-4-8-14(15)12-16-17-10-11-18-16/h1-9,16-18H,10-12H2. The van der Waals surface area contributed by atoms with Gasteiger partial charge in [0, 0.05) is 19.5 Å². The van der Waals surface area contributed by atoms with E-state index in [1.54, 1.807) is 0 Å². The van der Waals surface area contributed by atoms with E-state index in [1.165, 1.54) is 16.7 Å². The SMILES string of the molecule is c1ccc(-c2ccccc2CC2NCCN2)cc1. The Balaban J connectivity index is 1.90. The Bertz CT molecular complexity index is 502. The normalized spacial score (nSPS) is 16.0. The summed E-state index contributed by atoms with van der Waals surface area (Å²) in [6, 6.07) is 19.3. The summed E-state index contributed by atoms with van der Waals surface area (Å²) in [6.45, 7) is 2.14. The molecular weight excluding hydrogens is 220 g/mol. The Labute approximate surface area is 108 Å². The van der Waals surface area contributed by atoms with Crippen LogP contribution in [0, 0.1) is 0 Å². The molecule has 0 aromatic heterocycles. The first-order chi connectivity index (χ1) is 8.93. The average Bonchev–Trinajstić information content (AvgIpc) is 2.93. The number of benzene rings is 2. The molecule has 2 heteroatoms. The fraction of sp³-hybridized carbons (Fsp3) is 0.250. The molecule has 2 nitrogen and oxygen atoms in total. The van der Waals surface area contributed by atoms with Crippen LogP contribution in [0.15, 0.2) is 54.6 Å². The summed E-state index contributed by atoms with van der Waals surface area (Å²) in [5, 5.41) is 6.95. The van der Waals surface area contributed by atoms with Crippen LogP contribution in [0.1, 0.15) is 5.56 Å². The summed E-state index contributed by atoms with van der Waals surface area (Å²) in [5.41, 5.74) is 4.04. The molecule has 0 aliphatic carbocycles. The molecule has 3 rings (SSSR count). The van der Waals surface area contributed by atoms with Crippen molar-refractivity contribution in [3.05, 3.63) is 60.2 Å². The van der Waals surface area contributed by atoms with Gasteiger partial charge in [-0.15, -0.1) is 0 Å². The van der Waals surface area contributed by atoms with E-state index in [1.807, 2.05) is 0 Å². The van der Waals surface area contributed by atoms with E-state index in [0.29, 0.717) is 6.17 Å². The lowest BCUT2D eigenvalue weighted by molar-refractivity contribution is 0.552. The first kappa shape index (κ1) is 11.5. The Hall–Kier alpha value is -1.64. The first-order valence-corrected chi connectivity index (χ1v) is 6.53. The van der Waals surface area contributed by atoms with Crippen LogP contribution in [-0.2, 0) is 6.42 Å². The maximum Gasteiger partial charge on any atom is 0.0614 e. The van der Waals surface area contributed by atoms with Crippen molar-refractivity contribution in [2.45, 2.75) is 12.6 Å². The van der Waals surface area contributed by atoms with Crippen LogP contribution in [0.5, 0.6) is 0 Å². The third-order valence-electron chi connectivity index (χ3n) is 3.43. The molecule has 0 atom stereocenters. The minimum atomic E-state index is 0.412. The summed E-state index contributed by atoms with van der Waals surface area (Å²) in [5.74, 6) is 0. The first-order valence-electron chi connectivity index (χ1n) is 6.53. The van der Waals surface area contributed by atoms with Gasteiger partial charge < -0.3 is 10.6 Å². The van der Waals surface area contributed by atoms with Gasteiger partial charge >= 0.3 is 0 Å². The fourth-order valence-electron chi connectivity index (χ4n) is 2.53. The Morgan fingerprint density at radius 1 is 0.833 bits per heavy atom. The van der Waals surface area contributed by atoms with E-state index in [-0.39, 0.29) is 0 Å². The molecule has 1 aliphatic rings. The summed E-state index contributed by atoms with van der Waals surface area (Å²) in [4.78, 5) is 0. The van der Waals surface area contributed by atoms with Crippen LogP contribution in [-0.4, -0.2) is 19.3 Å². The van der Waals surface area contributed by atoms with Gasteiger partial charge in [0.25, 0.3) is 0 Å². The molecule has 1 saturated heterocycles. The van der Waals surface area contributed by atoms with Crippen molar-refractivity contribution in [3.8, 4) is 11.1 Å². The summed E-state index contributed by atoms with van der Waals surface area (Å²) >= 11 is 0. The molecule has 0 radical (unpaired) electrons. The van der Waals surface area contributed by atoms with Crippen LogP contribution < -0.4 is 10.6 Å². The average molecular weight is 238 g/mol. The van der Waals surface area contributed by atoms with Gasteiger partial charge in [-0.05, 0) is 16.7 Å². The zero-order valence-electron chi connectivity index (χ0n) is 10.4. The highest BCUT2D eigenvalue weighted by Gasteiger charge is 2.15. The van der Waals surface area contributed by atoms with Crippen LogP contribution in [0.3, 0.4) is 0 Å². The lowest BCUT2D eigenvalue weighted by Crippen LogP contribution is -2.33. The molecule has 92 valence electrons. The predicted octanol–water partition coefficient (Wildman–Crippen LogP) is 2.41. The van der Waals surface area contributed by atoms with Crippen molar-refractivity contribution in [2.75, 3.05) is 13.1 Å². The highest BCUT2D eigenvalue weighted by Crippen LogP contribution is 2.24. The second kappa shape index (κ2) is 5.34. The maximum atomic E-state index is 3.47. The highest BCUT2D eigenvalue weighted by molar-refractivity contribution is 5.67. The molecule has 0 saturated carbocycles. The van der Waals surface area contributed by atoms with Crippen LogP contribution in [0.25, 0.3) is 11.1 Å². The number of hydrogen-bond donors (Lipinski definition) is 2. The van der Waals surface area contributed by atoms with E-state index in [4.69, 9.17) is 0 Å². The molecular formula is C16H18N2. The smallest absolute Gasteiger partial charge is 0.0614 e. The van der Waals surface area contributed by atoms with Crippen molar-refractivity contribution in [1.29, 1.82) is 0 Å². The van der Waals surface area contributed by atoms with E-state index in [2.05, 4.69) is 65.2 Å². The Kier molecular flexibility index (Phi) is 3.40. The molecule has 2 aromatic rings. The quantitative estimate of drug-likeness (QED) is 0.858. The minimum Gasteiger partial charge on any atom is -0.300 e. The monoisotopic (exact) mass is 238 g/mol. The number of nitrogens with one attached hydrogen (secondary N) is 2. The molecule has 18 heavy (non-hydrogen) atoms. The van der Waals surface area contributed by atoms with Crippen LogP contribution in [0.2, 0.25) is 0 Å². The summed E-state index contributed by atoms with van der Waals surface area (Å²) < 4.78 is 0. The van der Waals surface area contributed by atoms with Crippen molar-refractivity contribution < 1.29 is 0 Å². The Morgan fingerprint density at radius 2 is 1.50 bits per heavy atom. The minimum absolute atomic E-state index is 0.412. The van der Waals surface area contributed by atoms with Gasteiger partial charge in [0.2, 0.25) is 0 Å². The van der Waals surface area contributed by atoms with E-state index >= 15 is 0 Å². The second-order valence-corrected chi connectivity index (χ2v) is 4.69. The lowest BCUT2D eigenvalue weighted by atomic mass is 9.97. The third kappa shape index (κ3) is 2.45. The topological polar surface area (TPSA) is 24.1 Å². The molecule has 0 unspecified atom stereocenters. The zero-order chi connectivity index (χ0) is 12.2. The molecule has 0 amide bonds. The van der Waals surface area contributed by atoms with Gasteiger partial charge in [-0.2, -0.15) is 0 Å². The second-order valence-electron chi connectivity index (χ2n) is 4.69. The molecule has 0 bridgehead atoms. The zero-order valence-corrected chi connectivity index (χ0v) is 10.4. The van der Waals surface area contributed by atoms with Gasteiger partial charge in [0.15, 0.2) is 0 Å². The van der Waals surface area contributed by atoms with Gasteiger partial charge in [0.05, 0.1) is 6.17 Å². The summed E-state index contributed by atoms with van der Waals surface area (Å²) in [6.07, 6.45) is 1.44. The highest BCUT2D eigenvalue weighted by atomic mass is 15.2. The molecule has 1 heterocycles. The van der Waals surface area contributed by atoms with Gasteiger partial charge in [-0.3, -0.25) is 0 Å². The van der Waals surface area contributed by atoms with Gasteiger partial charge in [-0.1, -0.05) is 54.6 Å². The predicted molar refractivity (Wildman–Crippen MR) is 75.4 cm³/mol. The lowest BCUT2D eigenvalue weighted by Gasteiger charge is -2.14. The molecule has 1 aliphatic heterocycles. The molecule has 1 fully saturated rings. The van der Waals surface area contributed by atoms with Crippen LogP contribution >= 0.6 is 0 Å². The molecule has 2 N–H and O–H groups in total. The Morgan fingerprint density at radius 3 is 2.28 bits per heavy atom. The van der Waals surface area contributed by atoms with Crippen LogP contribution in [0.4, 0.5) is 0 Å². The number of rotatable bonds is 3. The third-order valence-corrected chi connectivity index (χ3v) is 3.43. The largest absolute Gasteiger partial charge is 0.300 e.